The maximum atomic E-state index is 14.1. The molecule has 2 unspecified atom stereocenters. The molecule has 5 aromatic rings. The molecule has 2 atom stereocenters. The van der Waals surface area contributed by atoms with Gasteiger partial charge in [0, 0.05) is 24.6 Å². The zero-order valence-electron chi connectivity index (χ0n) is 30.5. The third-order valence-corrected chi connectivity index (χ3v) is 11.5. The number of benzene rings is 3. The molecule has 1 amide bonds. The maximum Gasteiger partial charge on any atom is 0.340 e. The van der Waals surface area contributed by atoms with E-state index in [1.807, 2.05) is 12.1 Å². The van der Waals surface area contributed by atoms with Gasteiger partial charge in [0.1, 0.15) is 11.6 Å². The molecule has 0 bridgehead atoms. The number of halogens is 2. The van der Waals surface area contributed by atoms with Crippen molar-refractivity contribution >= 4 is 50.5 Å². The fraction of sp³-hybridized carbons (Fsp3) is 0.310. The lowest BCUT2D eigenvalue weighted by molar-refractivity contribution is -0.137. The molecule has 1 saturated heterocycles. The normalized spacial score (nSPS) is 19.0. The molecule has 0 radical (unpaired) electrons. The Morgan fingerprint density at radius 1 is 0.873 bits per heavy atom. The molecule has 0 spiro atoms. The lowest BCUT2D eigenvalue weighted by Gasteiger charge is -2.29. The summed E-state index contributed by atoms with van der Waals surface area (Å²) in [6, 6.07) is 18.8. The van der Waals surface area contributed by atoms with E-state index in [4.69, 9.17) is 29.3 Å². The fourth-order valence-electron chi connectivity index (χ4n) is 7.65. The number of methoxy groups -OCH3 is 2. The number of ether oxygens (including phenoxy) is 3. The Kier molecular flexibility index (Phi) is 10.3. The van der Waals surface area contributed by atoms with E-state index in [2.05, 4.69) is 4.90 Å². The van der Waals surface area contributed by atoms with Crippen molar-refractivity contribution in [1.29, 1.82) is 0 Å². The van der Waals surface area contributed by atoms with Crippen molar-refractivity contribution in [2.45, 2.75) is 44.6 Å². The van der Waals surface area contributed by atoms with Gasteiger partial charge in [-0.3, -0.25) is 4.79 Å². The van der Waals surface area contributed by atoms with Crippen molar-refractivity contribution in [2.75, 3.05) is 38.8 Å². The molecular formula is C42H39F2N5O5S. The third kappa shape index (κ3) is 7.40. The summed E-state index contributed by atoms with van der Waals surface area (Å²) in [4.78, 5) is 40.1. The van der Waals surface area contributed by atoms with E-state index in [0.29, 0.717) is 33.1 Å². The van der Waals surface area contributed by atoms with Gasteiger partial charge in [0.05, 0.1) is 41.9 Å². The number of esters is 1. The number of hydrazone groups is 1. The Labute approximate surface area is 321 Å². The van der Waals surface area contributed by atoms with E-state index < -0.39 is 30.3 Å². The quantitative estimate of drug-likeness (QED) is 0.138. The highest BCUT2D eigenvalue weighted by Crippen LogP contribution is 2.45. The number of carbonyl (C=O) groups is 2. The van der Waals surface area contributed by atoms with Crippen LogP contribution in [-0.4, -0.2) is 66.5 Å². The number of anilines is 1. The van der Waals surface area contributed by atoms with Crippen LogP contribution in [0.1, 0.15) is 66.1 Å². The van der Waals surface area contributed by atoms with Gasteiger partial charge in [0.15, 0.2) is 28.9 Å². The first kappa shape index (κ1) is 36.3. The molecule has 4 heterocycles. The first-order valence-electron chi connectivity index (χ1n) is 18.4. The summed E-state index contributed by atoms with van der Waals surface area (Å²) in [5.74, 6) is -1.05. The molecule has 55 heavy (non-hydrogen) atoms. The van der Waals surface area contributed by atoms with E-state index in [0.717, 1.165) is 79.2 Å². The van der Waals surface area contributed by atoms with Crippen LogP contribution in [0, 0.1) is 17.6 Å². The predicted octanol–water partition coefficient (Wildman–Crippen LogP) is 8.62. The van der Waals surface area contributed by atoms with Gasteiger partial charge >= 0.3 is 5.97 Å². The van der Waals surface area contributed by atoms with E-state index in [1.165, 1.54) is 40.6 Å². The molecular weight excluding hydrogens is 725 g/mol. The van der Waals surface area contributed by atoms with E-state index in [1.54, 1.807) is 56.7 Å². The lowest BCUT2D eigenvalue weighted by atomic mass is 9.77. The molecule has 2 aromatic heterocycles. The van der Waals surface area contributed by atoms with E-state index in [-0.39, 0.29) is 17.3 Å². The molecule has 2 fully saturated rings. The summed E-state index contributed by atoms with van der Waals surface area (Å²) < 4.78 is 45.1. The highest BCUT2D eigenvalue weighted by atomic mass is 32.1. The number of aromatic nitrogens is 2. The second-order valence-corrected chi connectivity index (χ2v) is 14.8. The van der Waals surface area contributed by atoms with Crippen LogP contribution in [0.2, 0.25) is 0 Å². The Balaban J connectivity index is 1.11. The van der Waals surface area contributed by atoms with Crippen molar-refractivity contribution in [2.24, 2.45) is 11.0 Å². The second kappa shape index (κ2) is 15.6. The number of amides is 1. The van der Waals surface area contributed by atoms with Gasteiger partial charge in [-0.25, -0.2) is 23.6 Å². The Morgan fingerprint density at radius 3 is 2.33 bits per heavy atom. The van der Waals surface area contributed by atoms with Crippen LogP contribution in [-0.2, 0) is 9.53 Å². The summed E-state index contributed by atoms with van der Waals surface area (Å²) in [6.07, 6.45) is 7.57. The smallest absolute Gasteiger partial charge is 0.340 e. The molecule has 10 nitrogen and oxygen atoms in total. The zero-order chi connectivity index (χ0) is 38.1. The molecule has 3 aliphatic rings. The summed E-state index contributed by atoms with van der Waals surface area (Å²) >= 11 is 1.38. The largest absolute Gasteiger partial charge is 0.493 e. The summed E-state index contributed by atoms with van der Waals surface area (Å²) in [6.45, 7) is 1.16. The van der Waals surface area contributed by atoms with Gasteiger partial charge in [0.25, 0.3) is 5.91 Å². The van der Waals surface area contributed by atoms with Crippen LogP contribution >= 0.6 is 11.3 Å². The Hall–Kier alpha value is -5.69. The maximum absolute atomic E-state index is 14.1. The molecule has 1 aliphatic carbocycles. The minimum Gasteiger partial charge on any atom is -0.493 e. The van der Waals surface area contributed by atoms with Gasteiger partial charge in [-0.05, 0) is 110 Å². The van der Waals surface area contributed by atoms with Crippen molar-refractivity contribution in [1.82, 2.24) is 15.0 Å². The minimum absolute atomic E-state index is 0.167. The molecule has 1 saturated carbocycles. The van der Waals surface area contributed by atoms with E-state index in [9.17, 15) is 18.4 Å². The number of nitrogens with zero attached hydrogens (tertiary/aromatic N) is 5. The first-order chi connectivity index (χ1) is 26.8. The van der Waals surface area contributed by atoms with E-state index >= 15 is 0 Å². The minimum atomic E-state index is -0.698. The van der Waals surface area contributed by atoms with Crippen LogP contribution in [0.15, 0.2) is 83.5 Å². The van der Waals surface area contributed by atoms with Crippen molar-refractivity contribution in [3.8, 4) is 22.8 Å². The standard InChI is InChI=1S/C42H39F2N5O5S/c1-52-34-18-13-27(22-35(34)53-2)33-23-32(39-40(45-33)46-42(55-39)48-19-4-3-5-20-48)41(51)54-24-36(50)49-38(26-11-16-30(44)17-12-26)31-8-6-7-28(37(31)47-49)21-25-9-14-29(43)15-10-25/h9-18,21-23,31,38H,3-8,19-20,24H2,1-2H3/b28-21-. The number of hydrogen-bond acceptors (Lipinski definition) is 10. The molecule has 8 rings (SSSR count). The summed E-state index contributed by atoms with van der Waals surface area (Å²) in [7, 11) is 3.11. The second-order valence-electron chi connectivity index (χ2n) is 13.8. The van der Waals surface area contributed by atoms with Crippen molar-refractivity contribution in [3.63, 3.8) is 0 Å². The van der Waals surface area contributed by atoms with Gasteiger partial charge < -0.3 is 19.1 Å². The molecule has 2 aliphatic heterocycles. The number of rotatable bonds is 9. The van der Waals surface area contributed by atoms with Gasteiger partial charge in [-0.1, -0.05) is 35.6 Å². The summed E-state index contributed by atoms with van der Waals surface area (Å²) in [5.41, 5.74) is 5.03. The molecule has 0 N–H and O–H groups in total. The number of fused-ring (bicyclic) bond motifs is 2. The van der Waals surface area contributed by atoms with Crippen LogP contribution in [0.5, 0.6) is 11.5 Å². The lowest BCUT2D eigenvalue weighted by Crippen LogP contribution is -2.34. The van der Waals surface area contributed by atoms with Gasteiger partial charge in [-0.2, -0.15) is 10.1 Å². The summed E-state index contributed by atoms with van der Waals surface area (Å²) in [5, 5.41) is 7.01. The van der Waals surface area contributed by atoms with Crippen LogP contribution in [0.4, 0.5) is 13.9 Å². The van der Waals surface area contributed by atoms with Crippen molar-refractivity contribution < 1.29 is 32.6 Å². The average molecular weight is 764 g/mol. The molecule has 3 aromatic carbocycles. The number of thiazole rings is 1. The molecule has 282 valence electrons. The Morgan fingerprint density at radius 2 is 1.60 bits per heavy atom. The third-order valence-electron chi connectivity index (χ3n) is 10.4. The monoisotopic (exact) mass is 763 g/mol. The highest BCUT2D eigenvalue weighted by molar-refractivity contribution is 7.22. The number of carbonyl (C=O) groups excluding carboxylic acids is 2. The highest BCUT2D eigenvalue weighted by Gasteiger charge is 2.44. The zero-order valence-corrected chi connectivity index (χ0v) is 31.3. The SMILES string of the molecule is COc1ccc(-c2cc(C(=O)OCC(=O)N3N=C4/C(=C\c5ccc(F)cc5)CCCC4C3c3ccc(F)cc3)c3sc(N4CCCCC4)nc3n2)cc1OC. The topological polar surface area (TPSA) is 106 Å². The number of allylic oxidation sites excluding steroid dienone is 1. The number of pyridine rings is 1. The van der Waals surface area contributed by atoms with Gasteiger partial charge in [-0.15, -0.1) is 0 Å². The number of piperidine rings is 1. The fourth-order valence-corrected chi connectivity index (χ4v) is 8.71. The van der Waals surface area contributed by atoms with Crippen LogP contribution in [0.3, 0.4) is 0 Å². The molecule has 13 heteroatoms. The van der Waals surface area contributed by atoms with Crippen LogP contribution in [0.25, 0.3) is 27.7 Å². The van der Waals surface area contributed by atoms with Crippen LogP contribution < -0.4 is 14.4 Å². The number of hydrogen-bond donors (Lipinski definition) is 0. The van der Waals surface area contributed by atoms with Crippen molar-refractivity contribution in [3.05, 3.63) is 107 Å². The Bertz CT molecular complexity index is 2300. The van der Waals surface area contributed by atoms with Gasteiger partial charge in [0.2, 0.25) is 0 Å². The predicted molar refractivity (Wildman–Crippen MR) is 207 cm³/mol. The average Bonchev–Trinajstić information content (AvgIpc) is 3.84. The first-order valence-corrected chi connectivity index (χ1v) is 19.2.